The molecule has 0 amide bonds. The molecule has 0 bridgehead atoms. The minimum Gasteiger partial charge on any atom is -0.522 e. The molecule has 0 fully saturated rings. The first-order valence-corrected chi connectivity index (χ1v) is 2.96. The predicted molar refractivity (Wildman–Crippen MR) is 43.6 cm³/mol. The molecule has 0 aliphatic rings. The minimum atomic E-state index is 0. The predicted octanol–water partition coefficient (Wildman–Crippen LogP) is 1.90. The van der Waals surface area contributed by atoms with Gasteiger partial charge in [-0.1, -0.05) is 5.76 Å². The minimum absolute atomic E-state index is 0. The summed E-state index contributed by atoms with van der Waals surface area (Å²) in [5.74, 6) is 0.823. The van der Waals surface area contributed by atoms with E-state index >= 15 is 0 Å². The first-order chi connectivity index (χ1) is 4.31. The topological polar surface area (TPSA) is 21.3 Å². The number of nitrogens with one attached hydrogen (secondary N) is 1. The second-order valence-electron chi connectivity index (χ2n) is 1.59. The van der Waals surface area contributed by atoms with Gasteiger partial charge < -0.3 is 23.6 Å². The summed E-state index contributed by atoms with van der Waals surface area (Å²) in [6.45, 7) is 7.98. The standard InChI is InChI=1S/C7H13NO.CH3.2Y/c1-4-7(3)9-6-8-5-2;;;/h5,8H,6H2,1-3H3;1H3;;/q-2;-1;;+3. The Hall–Kier alpha value is 1.71. The number of rotatable bonds is 4. The molecule has 4 heteroatoms. The summed E-state index contributed by atoms with van der Waals surface area (Å²) in [4.78, 5) is 0. The summed E-state index contributed by atoms with van der Waals surface area (Å²) in [6.07, 6.45) is 2.86. The summed E-state index contributed by atoms with van der Waals surface area (Å²) < 4.78 is 5.09. The van der Waals surface area contributed by atoms with Crippen molar-refractivity contribution in [2.45, 2.75) is 20.8 Å². The number of ether oxygens (including phenoxy) is 1. The molecule has 0 unspecified atom stereocenters. The van der Waals surface area contributed by atoms with E-state index in [0.29, 0.717) is 6.73 Å². The van der Waals surface area contributed by atoms with Crippen molar-refractivity contribution in [3.63, 3.8) is 0 Å². The van der Waals surface area contributed by atoms with Crippen LogP contribution < -0.4 is 5.32 Å². The van der Waals surface area contributed by atoms with Gasteiger partial charge in [-0.05, 0) is 6.92 Å². The van der Waals surface area contributed by atoms with E-state index in [-0.39, 0.29) is 72.8 Å². The van der Waals surface area contributed by atoms with Gasteiger partial charge >= 0.3 is 32.7 Å². The van der Waals surface area contributed by atoms with E-state index in [4.69, 9.17) is 4.74 Å². The van der Waals surface area contributed by atoms with E-state index in [9.17, 15) is 0 Å². The van der Waals surface area contributed by atoms with E-state index in [2.05, 4.69) is 11.4 Å². The van der Waals surface area contributed by atoms with Crippen LogP contribution in [0.4, 0.5) is 0 Å². The van der Waals surface area contributed by atoms with Gasteiger partial charge in [-0.3, -0.25) is 6.54 Å². The molecule has 1 radical (unpaired) electrons. The van der Waals surface area contributed by atoms with Crippen molar-refractivity contribution in [2.24, 2.45) is 0 Å². The van der Waals surface area contributed by atoms with Crippen LogP contribution in [0.15, 0.2) is 5.76 Å². The normalized spacial score (nSPS) is 8.75. The van der Waals surface area contributed by atoms with Crippen molar-refractivity contribution in [1.82, 2.24) is 5.32 Å². The molecule has 0 atom stereocenters. The molecule has 0 heterocycles. The van der Waals surface area contributed by atoms with Crippen LogP contribution in [-0.2, 0) is 70.2 Å². The van der Waals surface area contributed by atoms with Crippen LogP contribution in [0.5, 0.6) is 0 Å². The van der Waals surface area contributed by atoms with E-state index in [0.717, 1.165) is 5.76 Å². The van der Waals surface area contributed by atoms with Gasteiger partial charge in [0.1, 0.15) is 6.73 Å². The maximum absolute atomic E-state index is 5.09. The molecule has 1 N–H and O–H groups in total. The van der Waals surface area contributed by atoms with Gasteiger partial charge in [0.2, 0.25) is 0 Å². The van der Waals surface area contributed by atoms with Gasteiger partial charge in [0.25, 0.3) is 0 Å². The van der Waals surface area contributed by atoms with Crippen LogP contribution >= 0.6 is 0 Å². The van der Waals surface area contributed by atoms with E-state index in [1.807, 2.05) is 27.3 Å². The summed E-state index contributed by atoms with van der Waals surface area (Å²) in [5, 5.41) is 2.91. The molecule has 12 heavy (non-hydrogen) atoms. The second kappa shape index (κ2) is 18.5. The van der Waals surface area contributed by atoms with Crippen LogP contribution in [0.1, 0.15) is 20.8 Å². The maximum Gasteiger partial charge on any atom is 3.00 e. The number of hydrogen-bond donors (Lipinski definition) is 1. The zero-order valence-corrected chi connectivity index (χ0v) is 14.0. The second-order valence-corrected chi connectivity index (χ2v) is 1.59. The molecule has 0 rings (SSSR count). The molecular formula is C8H16NOY2. The Labute approximate surface area is 127 Å². The van der Waals surface area contributed by atoms with Gasteiger partial charge in [-0.15, -0.1) is 0 Å². The van der Waals surface area contributed by atoms with Gasteiger partial charge in [0, 0.05) is 32.7 Å². The molecule has 0 aromatic rings. The Balaban J connectivity index is -0.000000107. The Morgan fingerprint density at radius 1 is 1.58 bits per heavy atom. The monoisotopic (exact) mass is 320 g/mol. The first kappa shape index (κ1) is 23.5. The molecule has 0 spiro atoms. The molecule has 0 aromatic heterocycles. The fourth-order valence-corrected chi connectivity index (χ4v) is 0.305. The Kier molecular flexibility index (Phi) is 36.2. The van der Waals surface area contributed by atoms with Crippen LogP contribution in [0, 0.1) is 20.0 Å². The van der Waals surface area contributed by atoms with Crippen molar-refractivity contribution >= 4 is 0 Å². The maximum atomic E-state index is 5.09. The Bertz CT molecular complexity index is 97.1. The third-order valence-corrected chi connectivity index (χ3v) is 0.928. The smallest absolute Gasteiger partial charge is 0.522 e. The molecule has 0 saturated heterocycles. The van der Waals surface area contributed by atoms with Crippen LogP contribution in [-0.4, -0.2) is 6.73 Å². The SMILES string of the molecule is C[C-]=C(C)OCN[CH-]C.[CH3-].[Y+3].[Y]. The Morgan fingerprint density at radius 3 is 2.42 bits per heavy atom. The third kappa shape index (κ3) is 17.7. The van der Waals surface area contributed by atoms with E-state index < -0.39 is 0 Å². The molecule has 0 aromatic carbocycles. The molecule has 0 aliphatic heterocycles. The first-order valence-electron chi connectivity index (χ1n) is 2.96. The van der Waals surface area contributed by atoms with Crippen molar-refractivity contribution < 1.29 is 70.2 Å². The van der Waals surface area contributed by atoms with Crippen molar-refractivity contribution in [3.05, 3.63) is 25.8 Å². The quantitative estimate of drug-likeness (QED) is 0.370. The fraction of sp³-hybridized carbons (Fsp3) is 0.500. The number of hydrogen-bond acceptors (Lipinski definition) is 2. The van der Waals surface area contributed by atoms with Crippen molar-refractivity contribution in [3.8, 4) is 0 Å². The van der Waals surface area contributed by atoms with E-state index in [1.54, 1.807) is 0 Å². The molecular weight excluding hydrogens is 304 g/mol. The largest absolute Gasteiger partial charge is 3.00 e. The molecule has 0 saturated carbocycles. The zero-order chi connectivity index (χ0) is 7.11. The summed E-state index contributed by atoms with van der Waals surface area (Å²) in [5.41, 5.74) is 0. The summed E-state index contributed by atoms with van der Waals surface area (Å²) in [7, 11) is 0. The fourth-order valence-electron chi connectivity index (χ4n) is 0.305. The molecule has 2 nitrogen and oxygen atoms in total. The zero-order valence-electron chi connectivity index (χ0n) is 8.35. The molecule has 0 aliphatic carbocycles. The van der Waals surface area contributed by atoms with Gasteiger partial charge in [0.05, 0.1) is 0 Å². The van der Waals surface area contributed by atoms with Crippen LogP contribution in [0.2, 0.25) is 0 Å². The van der Waals surface area contributed by atoms with Crippen molar-refractivity contribution in [2.75, 3.05) is 6.73 Å². The summed E-state index contributed by atoms with van der Waals surface area (Å²) in [6, 6.07) is 0. The Morgan fingerprint density at radius 2 is 2.08 bits per heavy atom. The van der Waals surface area contributed by atoms with Gasteiger partial charge in [0.15, 0.2) is 0 Å². The van der Waals surface area contributed by atoms with Crippen LogP contribution in [0.25, 0.3) is 0 Å². The van der Waals surface area contributed by atoms with E-state index in [1.165, 1.54) is 0 Å². The van der Waals surface area contributed by atoms with Crippen molar-refractivity contribution in [1.29, 1.82) is 0 Å². The van der Waals surface area contributed by atoms with Gasteiger partial charge in [-0.25, -0.2) is 0 Å². The molecule has 65 valence electrons. The average Bonchev–Trinajstić information content (AvgIpc) is 1.89. The summed E-state index contributed by atoms with van der Waals surface area (Å²) >= 11 is 0. The van der Waals surface area contributed by atoms with Gasteiger partial charge in [-0.2, -0.15) is 13.8 Å². The third-order valence-electron chi connectivity index (χ3n) is 0.928. The van der Waals surface area contributed by atoms with Crippen LogP contribution in [0.3, 0.4) is 0 Å². The number of allylic oxidation sites excluding steroid dienone is 2. The average molecular weight is 320 g/mol.